The molecule has 29 heavy (non-hydrogen) atoms. The summed E-state index contributed by atoms with van der Waals surface area (Å²) in [5.74, 6) is 0.691. The zero-order valence-corrected chi connectivity index (χ0v) is 16.5. The molecule has 1 saturated heterocycles. The third-order valence-electron chi connectivity index (χ3n) is 4.70. The number of rotatable bonds is 6. The number of hydrogen-bond acceptors (Lipinski definition) is 5. The molecule has 1 atom stereocenters. The monoisotopic (exact) mass is 415 g/mol. The van der Waals surface area contributed by atoms with E-state index >= 15 is 0 Å². The van der Waals surface area contributed by atoms with Gasteiger partial charge in [-0.15, -0.1) is 0 Å². The third-order valence-corrected chi connectivity index (χ3v) is 5.02. The van der Waals surface area contributed by atoms with Crippen LogP contribution in [0.1, 0.15) is 31.6 Å². The second-order valence-electron chi connectivity index (χ2n) is 6.83. The van der Waals surface area contributed by atoms with Gasteiger partial charge in [0, 0.05) is 18.5 Å². The highest BCUT2D eigenvalue weighted by Crippen LogP contribution is 2.35. The first kappa shape index (κ1) is 19.4. The first-order chi connectivity index (χ1) is 14.0. The first-order valence-electron chi connectivity index (χ1n) is 9.37. The standard InChI is InChI=1S/C21H19ClFN3O3/c1-2-9-28-16-6-3-13(4-7-16)20-24-21(29-25-20)14-10-19(27)26(12-14)18-11-15(23)5-8-17(18)22/h3-8,11,14H,2,9-10,12H2,1H3. The molecular formula is C21H19ClFN3O3. The molecular weight excluding hydrogens is 397 g/mol. The lowest BCUT2D eigenvalue weighted by atomic mass is 10.1. The maximum atomic E-state index is 13.6. The van der Waals surface area contributed by atoms with Gasteiger partial charge in [0.15, 0.2) is 0 Å². The van der Waals surface area contributed by atoms with Crippen LogP contribution >= 0.6 is 11.6 Å². The van der Waals surface area contributed by atoms with Crippen molar-refractivity contribution in [2.24, 2.45) is 0 Å². The Balaban J connectivity index is 1.50. The summed E-state index contributed by atoms with van der Waals surface area (Å²) in [6, 6.07) is 11.4. The number of amides is 1. The second kappa shape index (κ2) is 8.21. The van der Waals surface area contributed by atoms with Gasteiger partial charge in [0.2, 0.25) is 17.6 Å². The molecule has 3 aromatic rings. The quantitative estimate of drug-likeness (QED) is 0.576. The summed E-state index contributed by atoms with van der Waals surface area (Å²) in [7, 11) is 0. The van der Waals surface area contributed by atoms with E-state index in [1.807, 2.05) is 31.2 Å². The van der Waals surface area contributed by atoms with Crippen LogP contribution in [-0.2, 0) is 4.79 Å². The average molecular weight is 416 g/mol. The number of aromatic nitrogens is 2. The summed E-state index contributed by atoms with van der Waals surface area (Å²) in [5, 5.41) is 4.35. The molecule has 2 aromatic carbocycles. The van der Waals surface area contributed by atoms with E-state index < -0.39 is 5.82 Å². The Hall–Kier alpha value is -2.93. The zero-order valence-electron chi connectivity index (χ0n) is 15.8. The van der Waals surface area contributed by atoms with Crippen molar-refractivity contribution in [3.05, 3.63) is 59.2 Å². The van der Waals surface area contributed by atoms with Gasteiger partial charge >= 0.3 is 0 Å². The van der Waals surface area contributed by atoms with Crippen molar-refractivity contribution in [3.8, 4) is 17.1 Å². The minimum absolute atomic E-state index is 0.167. The van der Waals surface area contributed by atoms with Crippen molar-refractivity contribution >= 4 is 23.2 Å². The Morgan fingerprint density at radius 3 is 2.83 bits per heavy atom. The van der Waals surface area contributed by atoms with E-state index in [0.717, 1.165) is 17.7 Å². The molecule has 0 bridgehead atoms. The predicted octanol–water partition coefficient (Wildman–Crippen LogP) is 4.84. The van der Waals surface area contributed by atoms with Crippen LogP contribution in [-0.4, -0.2) is 29.2 Å². The van der Waals surface area contributed by atoms with E-state index in [1.54, 1.807) is 0 Å². The van der Waals surface area contributed by atoms with Crippen molar-refractivity contribution in [1.29, 1.82) is 0 Å². The van der Waals surface area contributed by atoms with E-state index in [-0.39, 0.29) is 18.2 Å². The smallest absolute Gasteiger partial charge is 0.232 e. The van der Waals surface area contributed by atoms with Crippen LogP contribution in [0.3, 0.4) is 0 Å². The topological polar surface area (TPSA) is 68.5 Å². The minimum atomic E-state index is -0.452. The van der Waals surface area contributed by atoms with Crippen molar-refractivity contribution in [2.45, 2.75) is 25.7 Å². The molecule has 0 spiro atoms. The summed E-state index contributed by atoms with van der Waals surface area (Å²) < 4.78 is 24.6. The highest BCUT2D eigenvalue weighted by atomic mass is 35.5. The van der Waals surface area contributed by atoms with E-state index in [2.05, 4.69) is 10.1 Å². The van der Waals surface area contributed by atoms with Crippen molar-refractivity contribution in [2.75, 3.05) is 18.1 Å². The van der Waals surface area contributed by atoms with Gasteiger partial charge in [-0.1, -0.05) is 23.7 Å². The Morgan fingerprint density at radius 2 is 2.07 bits per heavy atom. The highest BCUT2D eigenvalue weighted by Gasteiger charge is 2.36. The normalized spacial score (nSPS) is 16.4. The molecule has 1 aliphatic heterocycles. The number of anilines is 1. The SMILES string of the molecule is CCCOc1ccc(-c2noc(C3CC(=O)N(c4cc(F)ccc4Cl)C3)n2)cc1. The van der Waals surface area contributed by atoms with Gasteiger partial charge in [0.1, 0.15) is 11.6 Å². The van der Waals surface area contributed by atoms with Crippen molar-refractivity contribution in [1.82, 2.24) is 10.1 Å². The van der Waals surface area contributed by atoms with Crippen LogP contribution < -0.4 is 9.64 Å². The summed E-state index contributed by atoms with van der Waals surface area (Å²) in [6.45, 7) is 3.01. The number of carbonyl (C=O) groups is 1. The summed E-state index contributed by atoms with van der Waals surface area (Å²) in [5.41, 5.74) is 1.14. The molecule has 150 valence electrons. The molecule has 0 radical (unpaired) electrons. The molecule has 6 nitrogen and oxygen atoms in total. The molecule has 0 N–H and O–H groups in total. The van der Waals surface area contributed by atoms with Gasteiger partial charge in [-0.2, -0.15) is 4.98 Å². The maximum absolute atomic E-state index is 13.6. The van der Waals surface area contributed by atoms with Gasteiger partial charge in [0.25, 0.3) is 0 Å². The van der Waals surface area contributed by atoms with Crippen LogP contribution in [0.5, 0.6) is 5.75 Å². The van der Waals surface area contributed by atoms with Crippen molar-refractivity contribution in [3.63, 3.8) is 0 Å². The first-order valence-corrected chi connectivity index (χ1v) is 9.75. The molecule has 1 aromatic heterocycles. The Bertz CT molecular complexity index is 1020. The van der Waals surface area contributed by atoms with Gasteiger partial charge < -0.3 is 14.2 Å². The number of nitrogens with zero attached hydrogens (tertiary/aromatic N) is 3. The lowest BCUT2D eigenvalue weighted by molar-refractivity contribution is -0.117. The highest BCUT2D eigenvalue weighted by molar-refractivity contribution is 6.33. The Morgan fingerprint density at radius 1 is 1.28 bits per heavy atom. The lowest BCUT2D eigenvalue weighted by Gasteiger charge is -2.17. The van der Waals surface area contributed by atoms with E-state index in [1.165, 1.54) is 23.1 Å². The van der Waals surface area contributed by atoms with Gasteiger partial charge in [-0.05, 0) is 48.9 Å². The molecule has 0 saturated carbocycles. The average Bonchev–Trinajstić information content (AvgIpc) is 3.36. The van der Waals surface area contributed by atoms with Crippen LogP contribution in [0.15, 0.2) is 47.0 Å². The minimum Gasteiger partial charge on any atom is -0.494 e. The fraction of sp³-hybridized carbons (Fsp3) is 0.286. The second-order valence-corrected chi connectivity index (χ2v) is 7.24. The van der Waals surface area contributed by atoms with Gasteiger partial charge in [0.05, 0.1) is 23.2 Å². The molecule has 1 amide bonds. The van der Waals surface area contributed by atoms with Gasteiger partial charge in [-0.25, -0.2) is 4.39 Å². The van der Waals surface area contributed by atoms with Crippen LogP contribution in [0.4, 0.5) is 10.1 Å². The Kier molecular flexibility index (Phi) is 5.49. The molecule has 1 aliphatic rings. The lowest BCUT2D eigenvalue weighted by Crippen LogP contribution is -2.24. The summed E-state index contributed by atoms with van der Waals surface area (Å²) >= 11 is 6.14. The molecule has 1 unspecified atom stereocenters. The summed E-state index contributed by atoms with van der Waals surface area (Å²) in [6.07, 6.45) is 1.13. The number of halogens is 2. The molecule has 4 rings (SSSR count). The molecule has 1 fully saturated rings. The molecule has 0 aliphatic carbocycles. The third kappa shape index (κ3) is 4.10. The fourth-order valence-corrected chi connectivity index (χ4v) is 3.46. The van der Waals surface area contributed by atoms with E-state index in [9.17, 15) is 9.18 Å². The largest absolute Gasteiger partial charge is 0.494 e. The number of hydrogen-bond donors (Lipinski definition) is 0. The van der Waals surface area contributed by atoms with Crippen molar-refractivity contribution < 1.29 is 18.4 Å². The Labute approximate surface area is 172 Å². The zero-order chi connectivity index (χ0) is 20.4. The van der Waals surface area contributed by atoms with Gasteiger partial charge in [-0.3, -0.25) is 4.79 Å². The van der Waals surface area contributed by atoms with Crippen LogP contribution in [0.25, 0.3) is 11.4 Å². The van der Waals surface area contributed by atoms with E-state index in [0.29, 0.717) is 35.6 Å². The van der Waals surface area contributed by atoms with Crippen LogP contribution in [0, 0.1) is 5.82 Å². The fourth-order valence-electron chi connectivity index (χ4n) is 3.24. The number of carbonyl (C=O) groups excluding carboxylic acids is 1. The summed E-state index contributed by atoms with van der Waals surface area (Å²) in [4.78, 5) is 18.4. The predicted molar refractivity (Wildman–Crippen MR) is 107 cm³/mol. The molecule has 8 heteroatoms. The van der Waals surface area contributed by atoms with E-state index in [4.69, 9.17) is 20.9 Å². The van der Waals surface area contributed by atoms with Crippen LogP contribution in [0.2, 0.25) is 5.02 Å². The molecule has 2 heterocycles. The maximum Gasteiger partial charge on any atom is 0.232 e. The number of ether oxygens (including phenoxy) is 1. The number of benzene rings is 2.